The first-order chi connectivity index (χ1) is 15.0. The molecule has 3 aromatic rings. The fraction of sp³-hybridized carbons (Fsp3) is 0.348. The predicted molar refractivity (Wildman–Crippen MR) is 132 cm³/mol. The molecule has 172 valence electrons. The van der Waals surface area contributed by atoms with Gasteiger partial charge in [-0.1, -0.05) is 31.5 Å². The number of halogens is 1. The lowest BCUT2D eigenvalue weighted by atomic mass is 10.1. The molecule has 32 heavy (non-hydrogen) atoms. The Labute approximate surface area is 193 Å². The van der Waals surface area contributed by atoms with Crippen molar-refractivity contribution in [1.29, 1.82) is 0 Å². The number of hydrogen-bond acceptors (Lipinski definition) is 5. The summed E-state index contributed by atoms with van der Waals surface area (Å²) in [5, 5.41) is 4.54. The molecule has 7 nitrogen and oxygen atoms in total. The van der Waals surface area contributed by atoms with Gasteiger partial charge in [0.2, 0.25) is 10.0 Å². The number of benzene rings is 2. The summed E-state index contributed by atoms with van der Waals surface area (Å²) in [7, 11) is -1.90. The van der Waals surface area contributed by atoms with Gasteiger partial charge in [0.05, 0.1) is 35.6 Å². The second-order valence-electron chi connectivity index (χ2n) is 8.23. The minimum atomic E-state index is -3.42. The molecule has 0 aliphatic rings. The zero-order valence-corrected chi connectivity index (χ0v) is 20.3. The Bertz CT molecular complexity index is 1290. The maximum atomic E-state index is 12.7. The van der Waals surface area contributed by atoms with Crippen LogP contribution in [0.5, 0.6) is 5.75 Å². The summed E-state index contributed by atoms with van der Waals surface area (Å²) in [6.07, 6.45) is 1.20. The highest BCUT2D eigenvalue weighted by Crippen LogP contribution is 2.30. The van der Waals surface area contributed by atoms with Crippen molar-refractivity contribution in [1.82, 2.24) is 4.98 Å². The number of nitrogens with one attached hydrogen (secondary N) is 2. The van der Waals surface area contributed by atoms with Crippen LogP contribution in [0.15, 0.2) is 47.3 Å². The fourth-order valence-electron chi connectivity index (χ4n) is 3.54. The van der Waals surface area contributed by atoms with Crippen LogP contribution in [0, 0.1) is 5.92 Å². The molecule has 9 heteroatoms. The summed E-state index contributed by atoms with van der Waals surface area (Å²) in [4.78, 5) is 15.6. The minimum Gasteiger partial charge on any atom is -0.495 e. The molecule has 1 unspecified atom stereocenters. The molecule has 1 atom stereocenters. The number of hydrogen-bond donors (Lipinski definition) is 2. The Morgan fingerprint density at radius 2 is 1.88 bits per heavy atom. The second-order valence-corrected chi connectivity index (χ2v) is 10.5. The molecule has 0 aliphatic heterocycles. The zero-order valence-electron chi connectivity index (χ0n) is 18.8. The van der Waals surface area contributed by atoms with Crippen molar-refractivity contribution in [3.63, 3.8) is 0 Å². The van der Waals surface area contributed by atoms with Crippen LogP contribution in [0.2, 0.25) is 5.02 Å². The number of anilines is 2. The van der Waals surface area contributed by atoms with E-state index in [0.717, 1.165) is 5.39 Å². The second kappa shape index (κ2) is 9.42. The molecule has 1 heterocycles. The molecular weight excluding hydrogens is 450 g/mol. The maximum absolute atomic E-state index is 12.7. The SMILES string of the molecule is COc1cc2[nH]c(=O)c(C(C)Nc3cccc(N(CC(C)C)S(C)(=O)=O)c3)cc2cc1Cl. The van der Waals surface area contributed by atoms with Gasteiger partial charge < -0.3 is 15.0 Å². The zero-order chi connectivity index (χ0) is 23.6. The minimum absolute atomic E-state index is 0.168. The van der Waals surface area contributed by atoms with E-state index >= 15 is 0 Å². The Morgan fingerprint density at radius 1 is 1.16 bits per heavy atom. The summed E-state index contributed by atoms with van der Waals surface area (Å²) < 4.78 is 31.2. The highest BCUT2D eigenvalue weighted by molar-refractivity contribution is 7.92. The van der Waals surface area contributed by atoms with Gasteiger partial charge in [-0.15, -0.1) is 0 Å². The molecule has 3 rings (SSSR count). The van der Waals surface area contributed by atoms with E-state index in [4.69, 9.17) is 16.3 Å². The third-order valence-electron chi connectivity index (χ3n) is 5.06. The number of rotatable bonds is 8. The third-order valence-corrected chi connectivity index (χ3v) is 6.52. The van der Waals surface area contributed by atoms with Crippen LogP contribution in [-0.4, -0.2) is 33.3 Å². The summed E-state index contributed by atoms with van der Waals surface area (Å²) >= 11 is 6.24. The number of sulfonamides is 1. The third kappa shape index (κ3) is 5.37. The Morgan fingerprint density at radius 3 is 2.50 bits per heavy atom. The monoisotopic (exact) mass is 477 g/mol. The molecule has 1 aromatic heterocycles. The summed E-state index contributed by atoms with van der Waals surface area (Å²) in [5.74, 6) is 0.657. The van der Waals surface area contributed by atoms with E-state index in [1.165, 1.54) is 17.7 Å². The average molecular weight is 478 g/mol. The van der Waals surface area contributed by atoms with E-state index in [2.05, 4.69) is 10.3 Å². The first-order valence-corrected chi connectivity index (χ1v) is 12.5. The number of nitrogens with zero attached hydrogens (tertiary/aromatic N) is 1. The van der Waals surface area contributed by atoms with Crippen molar-refractivity contribution >= 4 is 43.9 Å². The van der Waals surface area contributed by atoms with Gasteiger partial charge in [0, 0.05) is 29.2 Å². The van der Waals surface area contributed by atoms with E-state index in [1.54, 1.807) is 36.4 Å². The van der Waals surface area contributed by atoms with Crippen molar-refractivity contribution in [3.8, 4) is 5.75 Å². The van der Waals surface area contributed by atoms with Gasteiger partial charge in [-0.05, 0) is 43.2 Å². The van der Waals surface area contributed by atoms with E-state index in [0.29, 0.717) is 39.8 Å². The van der Waals surface area contributed by atoms with Gasteiger partial charge in [-0.3, -0.25) is 9.10 Å². The van der Waals surface area contributed by atoms with Gasteiger partial charge in [0.15, 0.2) is 0 Å². The van der Waals surface area contributed by atoms with Crippen LogP contribution in [0.4, 0.5) is 11.4 Å². The van der Waals surface area contributed by atoms with E-state index < -0.39 is 10.0 Å². The van der Waals surface area contributed by atoms with Gasteiger partial charge in [0.25, 0.3) is 5.56 Å². The number of pyridine rings is 1. The van der Waals surface area contributed by atoms with E-state index in [9.17, 15) is 13.2 Å². The lowest BCUT2D eigenvalue weighted by molar-refractivity contribution is 0.415. The Kier molecular flexibility index (Phi) is 7.05. The molecule has 0 radical (unpaired) electrons. The largest absolute Gasteiger partial charge is 0.495 e. The summed E-state index contributed by atoms with van der Waals surface area (Å²) in [5.41, 5.74) is 2.22. The van der Waals surface area contributed by atoms with Crippen LogP contribution < -0.4 is 19.9 Å². The molecule has 2 aromatic carbocycles. The standard InChI is InChI=1S/C23H28ClN3O4S/c1-14(2)13-27(32(5,29)30)18-8-6-7-17(11-18)25-15(3)19-9-16-10-20(24)22(31-4)12-21(16)26-23(19)28/h6-12,14-15,25H,13H2,1-5H3,(H,26,28). The molecule has 0 aliphatic carbocycles. The quantitative estimate of drug-likeness (QED) is 0.487. The molecule has 0 fully saturated rings. The van der Waals surface area contributed by atoms with Gasteiger partial charge in [0.1, 0.15) is 5.75 Å². The Hall–Kier alpha value is -2.71. The number of aromatic amines is 1. The number of H-pyrrole nitrogens is 1. The van der Waals surface area contributed by atoms with E-state index in [-0.39, 0.29) is 17.5 Å². The summed E-state index contributed by atoms with van der Waals surface area (Å²) in [6.45, 7) is 6.19. The van der Waals surface area contributed by atoms with Gasteiger partial charge in [-0.2, -0.15) is 0 Å². The molecule has 0 bridgehead atoms. The van der Waals surface area contributed by atoms with Crippen LogP contribution in [0.1, 0.15) is 32.4 Å². The first-order valence-electron chi connectivity index (χ1n) is 10.2. The highest BCUT2D eigenvalue weighted by atomic mass is 35.5. The highest BCUT2D eigenvalue weighted by Gasteiger charge is 2.19. The lowest BCUT2D eigenvalue weighted by Crippen LogP contribution is -2.33. The maximum Gasteiger partial charge on any atom is 0.253 e. The van der Waals surface area contributed by atoms with Crippen LogP contribution in [-0.2, 0) is 10.0 Å². The normalized spacial score (nSPS) is 12.7. The van der Waals surface area contributed by atoms with Crippen LogP contribution in [0.25, 0.3) is 10.9 Å². The molecule has 2 N–H and O–H groups in total. The fourth-order valence-corrected chi connectivity index (χ4v) is 4.86. The predicted octanol–water partition coefficient (Wildman–Crippen LogP) is 4.79. The average Bonchev–Trinajstić information content (AvgIpc) is 2.70. The molecule has 0 saturated carbocycles. The topological polar surface area (TPSA) is 91.5 Å². The molecular formula is C23H28ClN3O4S. The number of fused-ring (bicyclic) bond motifs is 1. The number of ether oxygens (including phenoxy) is 1. The van der Waals surface area contributed by atoms with Gasteiger partial charge in [-0.25, -0.2) is 8.42 Å². The van der Waals surface area contributed by atoms with Crippen molar-refractivity contribution in [2.24, 2.45) is 5.92 Å². The molecule has 0 amide bonds. The Balaban J connectivity index is 1.93. The van der Waals surface area contributed by atoms with Crippen LogP contribution in [0.3, 0.4) is 0 Å². The van der Waals surface area contributed by atoms with Gasteiger partial charge >= 0.3 is 0 Å². The van der Waals surface area contributed by atoms with Crippen molar-refractivity contribution in [3.05, 3.63) is 63.4 Å². The molecule has 0 spiro atoms. The van der Waals surface area contributed by atoms with Crippen LogP contribution >= 0.6 is 11.6 Å². The van der Waals surface area contributed by atoms with Crippen molar-refractivity contribution in [2.75, 3.05) is 29.5 Å². The van der Waals surface area contributed by atoms with E-state index in [1.807, 2.05) is 26.8 Å². The van der Waals surface area contributed by atoms with Crippen molar-refractivity contribution < 1.29 is 13.2 Å². The number of aromatic nitrogens is 1. The molecule has 0 saturated heterocycles. The lowest BCUT2D eigenvalue weighted by Gasteiger charge is -2.25. The first kappa shape index (κ1) is 23.9. The number of methoxy groups -OCH3 is 1. The smallest absolute Gasteiger partial charge is 0.253 e. The van der Waals surface area contributed by atoms with Crippen molar-refractivity contribution in [2.45, 2.75) is 26.8 Å². The summed E-state index contributed by atoms with van der Waals surface area (Å²) in [6, 6.07) is 12.1.